The van der Waals surface area contributed by atoms with Gasteiger partial charge in [-0.15, -0.1) is 11.8 Å². The van der Waals surface area contributed by atoms with E-state index in [1.807, 2.05) is 66.7 Å². The van der Waals surface area contributed by atoms with E-state index in [9.17, 15) is 9.59 Å². The number of nitrogens with zero attached hydrogens (tertiary/aromatic N) is 3. The van der Waals surface area contributed by atoms with E-state index in [1.54, 1.807) is 26.0 Å². The molecular weight excluding hydrogens is 628 g/mol. The van der Waals surface area contributed by atoms with Crippen LogP contribution in [0.5, 0.6) is 17.2 Å². The molecule has 1 saturated heterocycles. The van der Waals surface area contributed by atoms with E-state index in [4.69, 9.17) is 35.6 Å². The van der Waals surface area contributed by atoms with E-state index in [-0.39, 0.29) is 30.2 Å². The summed E-state index contributed by atoms with van der Waals surface area (Å²) >= 11 is 7.74. The topological polar surface area (TPSA) is 104 Å². The van der Waals surface area contributed by atoms with Crippen LogP contribution in [0.2, 0.25) is 5.02 Å². The van der Waals surface area contributed by atoms with Crippen LogP contribution in [0.4, 0.5) is 5.82 Å². The number of aromatic nitrogens is 2. The zero-order valence-electron chi connectivity index (χ0n) is 25.8. The maximum atomic E-state index is 14.1. The van der Waals surface area contributed by atoms with E-state index in [2.05, 4.69) is 5.32 Å². The van der Waals surface area contributed by atoms with Crippen molar-refractivity contribution >= 4 is 41.0 Å². The third-order valence-corrected chi connectivity index (χ3v) is 9.58. The van der Waals surface area contributed by atoms with Gasteiger partial charge in [-0.25, -0.2) is 4.68 Å². The summed E-state index contributed by atoms with van der Waals surface area (Å²) in [7, 11) is 4.83. The second kappa shape index (κ2) is 14.1. The molecule has 3 heterocycles. The summed E-state index contributed by atoms with van der Waals surface area (Å²) in [6, 6.07) is 20.4. The van der Waals surface area contributed by atoms with Gasteiger partial charge in [0.15, 0.2) is 0 Å². The second-order valence-electron chi connectivity index (χ2n) is 10.9. The van der Waals surface area contributed by atoms with Crippen LogP contribution >= 0.6 is 23.4 Å². The number of thioether (sulfide) groups is 1. The van der Waals surface area contributed by atoms with Crippen molar-refractivity contribution in [3.63, 3.8) is 0 Å². The molecule has 3 aromatic carbocycles. The number of benzene rings is 3. The Balaban J connectivity index is 1.56. The van der Waals surface area contributed by atoms with Gasteiger partial charge in [0.05, 0.1) is 49.8 Å². The van der Waals surface area contributed by atoms with Crippen molar-refractivity contribution in [3.8, 4) is 34.2 Å². The number of anilines is 1. The molecule has 0 aliphatic carbocycles. The summed E-state index contributed by atoms with van der Waals surface area (Å²) in [5.74, 6) is 2.06. The Kier molecular flexibility index (Phi) is 9.72. The quantitative estimate of drug-likeness (QED) is 0.231. The van der Waals surface area contributed by atoms with E-state index in [0.29, 0.717) is 52.6 Å². The summed E-state index contributed by atoms with van der Waals surface area (Å²) in [5, 5.41) is 8.28. The molecule has 0 spiro atoms. The lowest BCUT2D eigenvalue weighted by Crippen LogP contribution is -2.44. The Hall–Kier alpha value is -4.19. The van der Waals surface area contributed by atoms with Crippen LogP contribution in [-0.2, 0) is 14.3 Å². The Morgan fingerprint density at radius 1 is 1.02 bits per heavy atom. The molecular formula is C34H35ClN4O6S. The first-order valence-corrected chi connectivity index (χ1v) is 16.4. The fraction of sp³-hybridized carbons (Fsp3) is 0.324. The Morgan fingerprint density at radius 3 is 2.43 bits per heavy atom. The minimum absolute atomic E-state index is 0.0267. The highest BCUT2D eigenvalue weighted by atomic mass is 35.5. The van der Waals surface area contributed by atoms with Crippen LogP contribution in [0.15, 0.2) is 66.7 Å². The molecule has 2 amide bonds. The van der Waals surface area contributed by atoms with Crippen molar-refractivity contribution in [3.05, 3.63) is 82.9 Å². The largest absolute Gasteiger partial charge is 0.497 e. The lowest BCUT2D eigenvalue weighted by atomic mass is 9.98. The first-order valence-electron chi connectivity index (χ1n) is 15.0. The summed E-state index contributed by atoms with van der Waals surface area (Å²) in [6.07, 6.45) is 1.83. The van der Waals surface area contributed by atoms with Crippen LogP contribution < -0.4 is 24.4 Å². The standard InChI is InChI=1S/C34H35ClN4O6S/c1-42-24-12-10-23(11-13-24)39-34-31(32(37-39)21-6-8-22(35)9-7-21)33(27-17-25(43-2)14-15-28(27)44-3)46-20-30(41)38(34)19-29(40)36-18-26-5-4-16-45-26/h6-15,17,26,33H,4-5,16,18-20H2,1-3H3,(H,36,40)/t26-,33+/m1/s1. The van der Waals surface area contributed by atoms with Gasteiger partial charge in [0.1, 0.15) is 29.6 Å². The monoisotopic (exact) mass is 662 g/mol. The first-order chi connectivity index (χ1) is 22.4. The fourth-order valence-electron chi connectivity index (χ4n) is 5.77. The summed E-state index contributed by atoms with van der Waals surface area (Å²) < 4.78 is 24.3. The molecule has 1 aromatic heterocycles. The van der Waals surface area contributed by atoms with Gasteiger partial charge in [-0.2, -0.15) is 5.10 Å². The van der Waals surface area contributed by atoms with Crippen molar-refractivity contribution in [2.45, 2.75) is 24.2 Å². The van der Waals surface area contributed by atoms with Gasteiger partial charge in [-0.1, -0.05) is 23.7 Å². The molecule has 1 N–H and O–H groups in total. The maximum Gasteiger partial charge on any atom is 0.240 e. The number of rotatable bonds is 10. The molecule has 2 aliphatic heterocycles. The van der Waals surface area contributed by atoms with Crippen LogP contribution in [-0.4, -0.2) is 74.5 Å². The number of halogens is 1. The number of carbonyl (C=O) groups is 2. The van der Waals surface area contributed by atoms with E-state index in [1.165, 1.54) is 16.7 Å². The Bertz CT molecular complexity index is 1710. The third-order valence-electron chi connectivity index (χ3n) is 8.10. The molecule has 12 heteroatoms. The van der Waals surface area contributed by atoms with Gasteiger partial charge in [0.25, 0.3) is 0 Å². The lowest BCUT2D eigenvalue weighted by Gasteiger charge is -2.24. The second-order valence-corrected chi connectivity index (χ2v) is 12.5. The molecule has 0 unspecified atom stereocenters. The maximum absolute atomic E-state index is 14.1. The van der Waals surface area contributed by atoms with Crippen molar-refractivity contribution in [1.29, 1.82) is 0 Å². The third kappa shape index (κ3) is 6.53. The number of ether oxygens (including phenoxy) is 4. The molecule has 10 nitrogen and oxygen atoms in total. The predicted molar refractivity (Wildman–Crippen MR) is 179 cm³/mol. The van der Waals surface area contributed by atoms with Gasteiger partial charge >= 0.3 is 0 Å². The number of methoxy groups -OCH3 is 3. The number of hydrogen-bond acceptors (Lipinski definition) is 8. The Morgan fingerprint density at radius 2 is 1.76 bits per heavy atom. The van der Waals surface area contributed by atoms with Crippen LogP contribution in [0.25, 0.3) is 16.9 Å². The molecule has 1 fully saturated rings. The number of hydrogen-bond donors (Lipinski definition) is 1. The molecule has 0 radical (unpaired) electrons. The van der Waals surface area contributed by atoms with Crippen LogP contribution in [0.3, 0.4) is 0 Å². The number of amides is 2. The average Bonchev–Trinajstić information content (AvgIpc) is 3.72. The number of fused-ring (bicyclic) bond motifs is 1. The average molecular weight is 663 g/mol. The molecule has 6 rings (SSSR count). The highest BCUT2D eigenvalue weighted by Crippen LogP contribution is 2.51. The van der Waals surface area contributed by atoms with Crippen molar-refractivity contribution < 1.29 is 28.5 Å². The lowest BCUT2D eigenvalue weighted by molar-refractivity contribution is -0.123. The Labute approximate surface area is 276 Å². The van der Waals surface area contributed by atoms with Crippen LogP contribution in [0.1, 0.15) is 29.2 Å². The zero-order valence-corrected chi connectivity index (χ0v) is 27.4. The van der Waals surface area contributed by atoms with Gasteiger partial charge in [0.2, 0.25) is 11.8 Å². The molecule has 2 atom stereocenters. The molecule has 0 bridgehead atoms. The molecule has 4 aromatic rings. The molecule has 0 saturated carbocycles. The van der Waals surface area contributed by atoms with E-state index in [0.717, 1.165) is 29.5 Å². The summed E-state index contributed by atoms with van der Waals surface area (Å²) in [6.45, 7) is 0.887. The normalized spacial score (nSPS) is 17.7. The molecule has 2 aliphatic rings. The molecule has 46 heavy (non-hydrogen) atoms. The van der Waals surface area contributed by atoms with E-state index < -0.39 is 5.25 Å². The van der Waals surface area contributed by atoms with Gasteiger partial charge in [0, 0.05) is 34.9 Å². The summed E-state index contributed by atoms with van der Waals surface area (Å²) in [4.78, 5) is 29.1. The predicted octanol–water partition coefficient (Wildman–Crippen LogP) is 5.68. The highest BCUT2D eigenvalue weighted by Gasteiger charge is 2.39. The number of carbonyl (C=O) groups excluding carboxylic acids is 2. The minimum atomic E-state index is -0.415. The van der Waals surface area contributed by atoms with Gasteiger partial charge in [-0.3, -0.25) is 14.5 Å². The smallest absolute Gasteiger partial charge is 0.240 e. The molecule has 240 valence electrons. The zero-order chi connectivity index (χ0) is 32.2. The fourth-order valence-corrected chi connectivity index (χ4v) is 7.10. The highest BCUT2D eigenvalue weighted by molar-refractivity contribution is 8.00. The van der Waals surface area contributed by atoms with Gasteiger partial charge < -0.3 is 24.3 Å². The van der Waals surface area contributed by atoms with Crippen molar-refractivity contribution in [2.75, 3.05) is 51.7 Å². The van der Waals surface area contributed by atoms with Gasteiger partial charge in [-0.05, 0) is 67.4 Å². The minimum Gasteiger partial charge on any atom is -0.497 e. The first kappa shape index (κ1) is 31.8. The summed E-state index contributed by atoms with van der Waals surface area (Å²) in [5.41, 5.74) is 3.71. The van der Waals surface area contributed by atoms with E-state index >= 15 is 0 Å². The van der Waals surface area contributed by atoms with Crippen molar-refractivity contribution in [2.24, 2.45) is 0 Å². The van der Waals surface area contributed by atoms with Crippen LogP contribution in [0, 0.1) is 0 Å². The SMILES string of the molecule is COc1ccc(-n2nc(-c3ccc(Cl)cc3)c3c2N(CC(=O)NC[C@H]2CCCO2)C(=O)CS[C@H]3c2cc(OC)ccc2OC)cc1. The number of nitrogens with one attached hydrogen (secondary N) is 1. The van der Waals surface area contributed by atoms with Crippen molar-refractivity contribution in [1.82, 2.24) is 15.1 Å².